The first-order chi connectivity index (χ1) is 9.72. The summed E-state index contributed by atoms with van der Waals surface area (Å²) in [7, 11) is 0. The number of carbonyl (C=O) groups is 1. The Bertz CT molecular complexity index is 480. The van der Waals surface area contributed by atoms with E-state index in [1.54, 1.807) is 0 Å². The quantitative estimate of drug-likeness (QED) is 0.789. The van der Waals surface area contributed by atoms with Crippen LogP contribution >= 0.6 is 0 Å². The fourth-order valence-corrected chi connectivity index (χ4v) is 3.31. The molecule has 4 heteroatoms. The predicted octanol–water partition coefficient (Wildman–Crippen LogP) is 1.97. The lowest BCUT2D eigenvalue weighted by molar-refractivity contribution is -0.122. The lowest BCUT2D eigenvalue weighted by Gasteiger charge is -2.27. The number of carbonyl (C=O) groups excluding carboxylic acids is 1. The van der Waals surface area contributed by atoms with Crippen LogP contribution in [0.1, 0.15) is 43.6 Å². The third-order valence-electron chi connectivity index (χ3n) is 4.51. The summed E-state index contributed by atoms with van der Waals surface area (Å²) >= 11 is 0. The summed E-state index contributed by atoms with van der Waals surface area (Å²) in [5.41, 5.74) is 8.34. The van der Waals surface area contributed by atoms with Crippen molar-refractivity contribution in [3.63, 3.8) is 0 Å². The first-order valence-electron chi connectivity index (χ1n) is 7.60. The average molecular weight is 273 g/mol. The molecule has 0 radical (unpaired) electrons. The van der Waals surface area contributed by atoms with Crippen LogP contribution in [-0.4, -0.2) is 24.5 Å². The van der Waals surface area contributed by atoms with Gasteiger partial charge in [-0.15, -0.1) is 0 Å². The number of amides is 1. The Labute approximate surface area is 120 Å². The van der Waals surface area contributed by atoms with Crippen LogP contribution in [0.5, 0.6) is 0 Å². The molecule has 1 unspecified atom stereocenters. The van der Waals surface area contributed by atoms with Gasteiger partial charge in [-0.3, -0.25) is 4.79 Å². The van der Waals surface area contributed by atoms with Crippen LogP contribution in [0.4, 0.5) is 5.69 Å². The van der Waals surface area contributed by atoms with Gasteiger partial charge in [0.2, 0.25) is 5.91 Å². The highest BCUT2D eigenvalue weighted by atomic mass is 16.1. The lowest BCUT2D eigenvalue weighted by atomic mass is 9.91. The van der Waals surface area contributed by atoms with E-state index in [4.69, 9.17) is 5.73 Å². The molecule has 108 valence electrons. The minimum absolute atomic E-state index is 0.175. The molecule has 20 heavy (non-hydrogen) atoms. The number of anilines is 1. The smallest absolute Gasteiger partial charge is 0.220 e. The standard InChI is InChI=1S/C16H23N3O/c17-12-5-7-13(8-6-12)19-16(20)9-11-10-18-15-4-2-1-3-14(11)15/h1-4,11-13,18H,5-10,17H2,(H,19,20). The minimum Gasteiger partial charge on any atom is -0.384 e. The second-order valence-electron chi connectivity index (χ2n) is 6.05. The number of hydrogen-bond acceptors (Lipinski definition) is 3. The van der Waals surface area contributed by atoms with Crippen LogP contribution in [0.25, 0.3) is 0 Å². The Balaban J connectivity index is 1.53. The number of nitrogens with two attached hydrogens (primary N) is 1. The molecule has 1 atom stereocenters. The van der Waals surface area contributed by atoms with E-state index in [1.807, 2.05) is 12.1 Å². The van der Waals surface area contributed by atoms with Gasteiger partial charge in [-0.2, -0.15) is 0 Å². The first-order valence-corrected chi connectivity index (χ1v) is 7.60. The van der Waals surface area contributed by atoms with Gasteiger partial charge in [0.15, 0.2) is 0 Å². The Morgan fingerprint density at radius 1 is 1.25 bits per heavy atom. The van der Waals surface area contributed by atoms with Crippen LogP contribution < -0.4 is 16.4 Å². The van der Waals surface area contributed by atoms with Gasteiger partial charge in [-0.25, -0.2) is 0 Å². The first kappa shape index (κ1) is 13.4. The van der Waals surface area contributed by atoms with Crippen molar-refractivity contribution in [1.29, 1.82) is 0 Å². The Hall–Kier alpha value is -1.55. The van der Waals surface area contributed by atoms with Gasteiger partial charge in [0, 0.05) is 36.7 Å². The monoisotopic (exact) mass is 273 g/mol. The zero-order valence-corrected chi connectivity index (χ0v) is 11.8. The molecule has 0 spiro atoms. The van der Waals surface area contributed by atoms with E-state index >= 15 is 0 Å². The lowest BCUT2D eigenvalue weighted by Crippen LogP contribution is -2.40. The highest BCUT2D eigenvalue weighted by molar-refractivity contribution is 5.78. The molecule has 1 aliphatic carbocycles. The van der Waals surface area contributed by atoms with Crippen molar-refractivity contribution < 1.29 is 4.79 Å². The van der Waals surface area contributed by atoms with Gasteiger partial charge in [0.1, 0.15) is 0 Å². The van der Waals surface area contributed by atoms with Gasteiger partial charge in [0.05, 0.1) is 0 Å². The Morgan fingerprint density at radius 3 is 2.80 bits per heavy atom. The van der Waals surface area contributed by atoms with E-state index < -0.39 is 0 Å². The zero-order valence-electron chi connectivity index (χ0n) is 11.8. The molecule has 1 saturated carbocycles. The van der Waals surface area contributed by atoms with E-state index in [-0.39, 0.29) is 5.91 Å². The van der Waals surface area contributed by atoms with Crippen LogP contribution in [0.3, 0.4) is 0 Å². The third-order valence-corrected chi connectivity index (χ3v) is 4.51. The van der Waals surface area contributed by atoms with Crippen molar-refractivity contribution in [2.24, 2.45) is 5.73 Å². The largest absolute Gasteiger partial charge is 0.384 e. The number of para-hydroxylation sites is 1. The van der Waals surface area contributed by atoms with Crippen molar-refractivity contribution >= 4 is 11.6 Å². The number of rotatable bonds is 3. The van der Waals surface area contributed by atoms with Crippen LogP contribution in [0.15, 0.2) is 24.3 Å². The molecule has 0 aromatic heterocycles. The molecule has 1 aromatic rings. The highest BCUT2D eigenvalue weighted by Gasteiger charge is 2.26. The maximum Gasteiger partial charge on any atom is 0.220 e. The highest BCUT2D eigenvalue weighted by Crippen LogP contribution is 2.33. The van der Waals surface area contributed by atoms with Crippen LogP contribution in [-0.2, 0) is 4.79 Å². The predicted molar refractivity (Wildman–Crippen MR) is 80.7 cm³/mol. The van der Waals surface area contributed by atoms with Gasteiger partial charge >= 0.3 is 0 Å². The SMILES string of the molecule is NC1CCC(NC(=O)CC2CNc3ccccc32)CC1. The fraction of sp³-hybridized carbons (Fsp3) is 0.562. The topological polar surface area (TPSA) is 67.1 Å². The summed E-state index contributed by atoms with van der Waals surface area (Å²) in [6, 6.07) is 8.92. The summed E-state index contributed by atoms with van der Waals surface area (Å²) in [5.74, 6) is 0.478. The molecule has 3 rings (SSSR count). The van der Waals surface area contributed by atoms with Gasteiger partial charge in [0.25, 0.3) is 0 Å². The van der Waals surface area contributed by atoms with Crippen molar-refractivity contribution in [1.82, 2.24) is 5.32 Å². The van der Waals surface area contributed by atoms with Crippen molar-refractivity contribution in [2.45, 2.75) is 50.1 Å². The van der Waals surface area contributed by atoms with Crippen LogP contribution in [0, 0.1) is 0 Å². The summed E-state index contributed by atoms with van der Waals surface area (Å²) in [6.07, 6.45) is 4.67. The number of hydrogen-bond donors (Lipinski definition) is 3. The van der Waals surface area contributed by atoms with Gasteiger partial charge in [-0.05, 0) is 37.3 Å². The third kappa shape index (κ3) is 2.96. The van der Waals surface area contributed by atoms with Gasteiger partial charge < -0.3 is 16.4 Å². The molecular formula is C16H23N3O. The van der Waals surface area contributed by atoms with Gasteiger partial charge in [-0.1, -0.05) is 18.2 Å². The van der Waals surface area contributed by atoms with E-state index in [1.165, 1.54) is 11.3 Å². The molecule has 1 fully saturated rings. The van der Waals surface area contributed by atoms with E-state index in [9.17, 15) is 4.79 Å². The molecule has 1 heterocycles. The average Bonchev–Trinajstić information content (AvgIpc) is 2.85. The number of benzene rings is 1. The molecule has 1 amide bonds. The molecule has 4 nitrogen and oxygen atoms in total. The molecule has 1 aromatic carbocycles. The molecule has 0 saturated heterocycles. The molecule has 4 N–H and O–H groups in total. The van der Waals surface area contributed by atoms with E-state index in [0.717, 1.165) is 32.2 Å². The Morgan fingerprint density at radius 2 is 2.00 bits per heavy atom. The second-order valence-corrected chi connectivity index (χ2v) is 6.05. The maximum atomic E-state index is 12.2. The molecule has 2 aliphatic rings. The van der Waals surface area contributed by atoms with Crippen LogP contribution in [0.2, 0.25) is 0 Å². The molecular weight excluding hydrogens is 250 g/mol. The van der Waals surface area contributed by atoms with Crippen molar-refractivity contribution in [3.8, 4) is 0 Å². The summed E-state index contributed by atoms with van der Waals surface area (Å²) in [6.45, 7) is 0.863. The summed E-state index contributed by atoms with van der Waals surface area (Å²) in [4.78, 5) is 12.2. The molecule has 1 aliphatic heterocycles. The summed E-state index contributed by atoms with van der Waals surface area (Å²) in [5, 5.41) is 6.54. The minimum atomic E-state index is 0.175. The summed E-state index contributed by atoms with van der Waals surface area (Å²) < 4.78 is 0. The fourth-order valence-electron chi connectivity index (χ4n) is 3.31. The second kappa shape index (κ2) is 5.83. The van der Waals surface area contributed by atoms with E-state index in [2.05, 4.69) is 22.8 Å². The zero-order chi connectivity index (χ0) is 13.9. The maximum absolute atomic E-state index is 12.2. The van der Waals surface area contributed by atoms with Crippen molar-refractivity contribution in [2.75, 3.05) is 11.9 Å². The normalized spacial score (nSPS) is 28.6. The number of nitrogens with one attached hydrogen (secondary N) is 2. The Kier molecular flexibility index (Phi) is 3.92. The number of fused-ring (bicyclic) bond motifs is 1. The van der Waals surface area contributed by atoms with E-state index in [0.29, 0.717) is 24.4 Å². The van der Waals surface area contributed by atoms with Crippen molar-refractivity contribution in [3.05, 3.63) is 29.8 Å². The molecule has 0 bridgehead atoms.